The van der Waals surface area contributed by atoms with E-state index in [2.05, 4.69) is 47.5 Å². The van der Waals surface area contributed by atoms with Gasteiger partial charge in [-0.2, -0.15) is 5.10 Å². The summed E-state index contributed by atoms with van der Waals surface area (Å²) in [4.78, 5) is 16.8. The van der Waals surface area contributed by atoms with Crippen LogP contribution in [0, 0.1) is 11.3 Å². The molecule has 2 aliphatic carbocycles. The average Bonchev–Trinajstić information content (AvgIpc) is 3.30. The Bertz CT molecular complexity index is 1060. The first-order valence-corrected chi connectivity index (χ1v) is 15.7. The molecule has 1 heterocycles. The van der Waals surface area contributed by atoms with E-state index in [1.54, 1.807) is 12.3 Å². The van der Waals surface area contributed by atoms with Crippen LogP contribution in [0.15, 0.2) is 27.7 Å². The van der Waals surface area contributed by atoms with Gasteiger partial charge < -0.3 is 9.47 Å². The van der Waals surface area contributed by atoms with Gasteiger partial charge in [0.15, 0.2) is 0 Å². The van der Waals surface area contributed by atoms with E-state index in [1.165, 1.54) is 24.8 Å². The van der Waals surface area contributed by atoms with Crippen molar-refractivity contribution in [3.63, 3.8) is 0 Å². The van der Waals surface area contributed by atoms with Crippen LogP contribution in [0.5, 0.6) is 0 Å². The number of methoxy groups -OCH3 is 1. The fourth-order valence-corrected chi connectivity index (χ4v) is 5.53. The standard InChI is InChI=1S/C24H32BrN3O3Si/c1-24-12-16(24)10-18-21(14-26-20-7-6-17(25)11-19(20)23(29)30-2)27-28(22(18)13-24)15-31-8-9-32(3,4)5/h6-7,11,14,16H,8-10,12-13,15H2,1-5H3/b26-14+/t16-,24-/m1/s1. The van der Waals surface area contributed by atoms with Crippen LogP contribution in [0.1, 0.15) is 40.7 Å². The van der Waals surface area contributed by atoms with E-state index in [4.69, 9.17) is 14.6 Å². The molecule has 1 aromatic heterocycles. The Morgan fingerprint density at radius 3 is 2.91 bits per heavy atom. The van der Waals surface area contributed by atoms with Gasteiger partial charge in [-0.25, -0.2) is 9.48 Å². The number of aliphatic imine (C=N–C) groups is 1. The Balaban J connectivity index is 1.59. The number of benzene rings is 1. The number of rotatable bonds is 8. The highest BCUT2D eigenvalue weighted by Gasteiger charge is 2.53. The molecule has 2 aliphatic rings. The monoisotopic (exact) mass is 517 g/mol. The van der Waals surface area contributed by atoms with Gasteiger partial charge in [-0.05, 0) is 54.8 Å². The van der Waals surface area contributed by atoms with Crippen molar-refractivity contribution in [2.45, 2.75) is 58.6 Å². The predicted octanol–water partition coefficient (Wildman–Crippen LogP) is 5.62. The molecule has 2 atom stereocenters. The molecular formula is C24H32BrN3O3Si. The maximum atomic E-state index is 12.2. The maximum Gasteiger partial charge on any atom is 0.340 e. The number of carbonyl (C=O) groups is 1. The molecule has 1 fully saturated rings. The quantitative estimate of drug-likeness (QED) is 0.197. The van der Waals surface area contributed by atoms with E-state index >= 15 is 0 Å². The zero-order chi connectivity index (χ0) is 23.1. The molecule has 172 valence electrons. The predicted molar refractivity (Wildman–Crippen MR) is 133 cm³/mol. The van der Waals surface area contributed by atoms with Crippen molar-refractivity contribution >= 4 is 41.9 Å². The van der Waals surface area contributed by atoms with Crippen LogP contribution in [0.25, 0.3) is 0 Å². The van der Waals surface area contributed by atoms with Crippen molar-refractivity contribution in [3.05, 3.63) is 45.2 Å². The van der Waals surface area contributed by atoms with Gasteiger partial charge >= 0.3 is 5.97 Å². The first-order valence-electron chi connectivity index (χ1n) is 11.2. The molecule has 1 saturated carbocycles. The summed E-state index contributed by atoms with van der Waals surface area (Å²) in [6.07, 6.45) is 5.13. The van der Waals surface area contributed by atoms with Gasteiger partial charge in [0.2, 0.25) is 0 Å². The third kappa shape index (κ3) is 5.07. The Hall–Kier alpha value is -1.77. The lowest BCUT2D eigenvalue weighted by Gasteiger charge is -2.20. The van der Waals surface area contributed by atoms with Crippen LogP contribution in [-0.2, 0) is 29.0 Å². The van der Waals surface area contributed by atoms with E-state index in [1.807, 2.05) is 16.8 Å². The minimum absolute atomic E-state index is 0.404. The van der Waals surface area contributed by atoms with Crippen LogP contribution in [0.2, 0.25) is 25.7 Å². The van der Waals surface area contributed by atoms with Gasteiger partial charge in [-0.15, -0.1) is 0 Å². The number of halogens is 1. The highest BCUT2D eigenvalue weighted by molar-refractivity contribution is 9.10. The molecule has 8 heteroatoms. The van der Waals surface area contributed by atoms with Crippen molar-refractivity contribution in [3.8, 4) is 0 Å². The lowest BCUT2D eigenvalue weighted by Crippen LogP contribution is -2.23. The second-order valence-corrected chi connectivity index (χ2v) is 17.0. The van der Waals surface area contributed by atoms with E-state index in [9.17, 15) is 4.79 Å². The summed E-state index contributed by atoms with van der Waals surface area (Å²) in [5.74, 6) is 0.321. The molecule has 6 nitrogen and oxygen atoms in total. The number of fused-ring (bicyclic) bond motifs is 2. The highest BCUT2D eigenvalue weighted by Crippen LogP contribution is 2.59. The van der Waals surface area contributed by atoms with E-state index in [0.717, 1.165) is 41.6 Å². The molecular weight excluding hydrogens is 486 g/mol. The topological polar surface area (TPSA) is 65.7 Å². The zero-order valence-electron chi connectivity index (χ0n) is 19.6. The van der Waals surface area contributed by atoms with Crippen LogP contribution >= 0.6 is 15.9 Å². The maximum absolute atomic E-state index is 12.2. The molecule has 0 bridgehead atoms. The Kier molecular flexibility index (Phi) is 6.49. The summed E-state index contributed by atoms with van der Waals surface area (Å²) in [7, 11) is 0.254. The molecule has 0 N–H and O–H groups in total. The lowest BCUT2D eigenvalue weighted by atomic mass is 9.87. The Labute approximate surface area is 199 Å². The SMILES string of the molecule is COC(=O)c1cc(Br)ccc1/N=C/c1nn(COCC[Si](C)(C)C)c2c1C[C@@H]1C[C@]1(C)C2. The van der Waals surface area contributed by atoms with Gasteiger partial charge in [0.1, 0.15) is 12.4 Å². The third-order valence-corrected chi connectivity index (χ3v) is 8.85. The molecule has 0 spiro atoms. The first kappa shape index (κ1) is 23.4. The van der Waals surface area contributed by atoms with Crippen LogP contribution < -0.4 is 0 Å². The van der Waals surface area contributed by atoms with Gasteiger partial charge in [0, 0.05) is 30.4 Å². The molecule has 0 amide bonds. The van der Waals surface area contributed by atoms with Crippen LogP contribution in [0.4, 0.5) is 5.69 Å². The summed E-state index contributed by atoms with van der Waals surface area (Å²) in [6.45, 7) is 10.7. The normalized spacial score (nSPS) is 22.0. The summed E-state index contributed by atoms with van der Waals surface area (Å²) in [6, 6.07) is 6.56. The van der Waals surface area contributed by atoms with E-state index in [0.29, 0.717) is 23.4 Å². The minimum Gasteiger partial charge on any atom is -0.465 e. The number of nitrogens with zero attached hydrogens (tertiary/aromatic N) is 3. The molecule has 0 radical (unpaired) electrons. The second kappa shape index (κ2) is 8.87. The largest absolute Gasteiger partial charge is 0.465 e. The number of hydrogen-bond acceptors (Lipinski definition) is 5. The molecule has 0 aliphatic heterocycles. The smallest absolute Gasteiger partial charge is 0.340 e. The van der Waals surface area contributed by atoms with Gasteiger partial charge in [0.05, 0.1) is 24.6 Å². The van der Waals surface area contributed by atoms with Gasteiger partial charge in [-0.3, -0.25) is 4.99 Å². The van der Waals surface area contributed by atoms with E-state index in [-0.39, 0.29) is 0 Å². The Morgan fingerprint density at radius 1 is 1.41 bits per heavy atom. The van der Waals surface area contributed by atoms with Crippen molar-refractivity contribution in [2.75, 3.05) is 13.7 Å². The molecule has 0 unspecified atom stereocenters. The van der Waals surface area contributed by atoms with Gasteiger partial charge in [-0.1, -0.05) is 42.5 Å². The lowest BCUT2D eigenvalue weighted by molar-refractivity contribution is 0.0601. The van der Waals surface area contributed by atoms with Crippen molar-refractivity contribution in [1.82, 2.24) is 9.78 Å². The van der Waals surface area contributed by atoms with E-state index < -0.39 is 14.0 Å². The first-order chi connectivity index (χ1) is 15.1. The number of aromatic nitrogens is 2. The Morgan fingerprint density at radius 2 is 2.19 bits per heavy atom. The molecule has 0 saturated heterocycles. The summed E-state index contributed by atoms with van der Waals surface area (Å²) < 4.78 is 13.8. The fraction of sp³-hybridized carbons (Fsp3) is 0.542. The van der Waals surface area contributed by atoms with Crippen molar-refractivity contribution < 1.29 is 14.3 Å². The summed E-state index contributed by atoms with van der Waals surface area (Å²) in [5, 5.41) is 4.87. The number of esters is 1. The molecule has 4 rings (SSSR count). The number of hydrogen-bond donors (Lipinski definition) is 0. The highest BCUT2D eigenvalue weighted by atomic mass is 79.9. The number of carbonyl (C=O) groups excluding carboxylic acids is 1. The van der Waals surface area contributed by atoms with Crippen molar-refractivity contribution in [1.29, 1.82) is 0 Å². The minimum atomic E-state index is -1.12. The van der Waals surface area contributed by atoms with Crippen LogP contribution in [0.3, 0.4) is 0 Å². The molecule has 1 aromatic carbocycles. The summed E-state index contributed by atoms with van der Waals surface area (Å²) in [5.41, 5.74) is 4.83. The third-order valence-electron chi connectivity index (χ3n) is 6.66. The molecule has 32 heavy (non-hydrogen) atoms. The second-order valence-electron chi connectivity index (χ2n) is 10.5. The zero-order valence-corrected chi connectivity index (χ0v) is 22.2. The fourth-order valence-electron chi connectivity index (χ4n) is 4.41. The van der Waals surface area contributed by atoms with Crippen molar-refractivity contribution in [2.24, 2.45) is 16.3 Å². The molecule has 2 aromatic rings. The number of ether oxygens (including phenoxy) is 2. The summed E-state index contributed by atoms with van der Waals surface area (Å²) >= 11 is 3.41. The van der Waals surface area contributed by atoms with Gasteiger partial charge in [0.25, 0.3) is 0 Å². The average molecular weight is 519 g/mol. The van der Waals surface area contributed by atoms with Crippen LogP contribution in [-0.4, -0.2) is 43.8 Å².